The molecule has 0 saturated carbocycles. The van der Waals surface area contributed by atoms with Crippen molar-refractivity contribution < 1.29 is 9.59 Å². The first-order valence-electron chi connectivity index (χ1n) is 6.70. The Morgan fingerprint density at radius 1 is 1.36 bits per heavy atom. The van der Waals surface area contributed by atoms with Crippen LogP contribution >= 0.6 is 27.3 Å². The minimum atomic E-state index is -0.375. The number of hydrogen-bond acceptors (Lipinski definition) is 5. The standard InChI is InChI=1S/C14H13BrN4O2S/c1-8-17-18-14(22-8)16-13(21)9-6-12(20)19(7-9)11-4-2-10(15)3-5-11/h2-5,9H,6-7H2,1H3,(H,16,18,21)/t9-/m0/s1. The fourth-order valence-corrected chi connectivity index (χ4v) is 3.17. The molecule has 0 radical (unpaired) electrons. The van der Waals surface area contributed by atoms with Gasteiger partial charge in [0.05, 0.1) is 5.92 Å². The van der Waals surface area contributed by atoms with E-state index in [1.54, 1.807) is 4.90 Å². The van der Waals surface area contributed by atoms with E-state index in [0.29, 0.717) is 11.7 Å². The monoisotopic (exact) mass is 380 g/mol. The SMILES string of the molecule is Cc1nnc(NC(=O)[C@H]2CC(=O)N(c3ccc(Br)cc3)C2)s1. The van der Waals surface area contributed by atoms with E-state index in [4.69, 9.17) is 0 Å². The number of nitrogens with zero attached hydrogens (tertiary/aromatic N) is 3. The molecule has 1 N–H and O–H groups in total. The van der Waals surface area contributed by atoms with Crippen LogP contribution in [-0.2, 0) is 9.59 Å². The topological polar surface area (TPSA) is 75.2 Å². The third kappa shape index (κ3) is 3.17. The van der Waals surface area contributed by atoms with Crippen molar-refractivity contribution in [2.75, 3.05) is 16.8 Å². The van der Waals surface area contributed by atoms with Crippen molar-refractivity contribution >= 4 is 49.9 Å². The van der Waals surface area contributed by atoms with Crippen molar-refractivity contribution in [1.82, 2.24) is 10.2 Å². The molecule has 1 fully saturated rings. The van der Waals surface area contributed by atoms with Crippen LogP contribution in [0.4, 0.5) is 10.8 Å². The maximum Gasteiger partial charge on any atom is 0.231 e. The van der Waals surface area contributed by atoms with Crippen molar-refractivity contribution in [1.29, 1.82) is 0 Å². The molecule has 1 saturated heterocycles. The molecule has 0 aliphatic carbocycles. The van der Waals surface area contributed by atoms with Crippen LogP contribution in [0.2, 0.25) is 0 Å². The van der Waals surface area contributed by atoms with Gasteiger partial charge in [-0.05, 0) is 31.2 Å². The Balaban J connectivity index is 1.68. The fraction of sp³-hybridized carbons (Fsp3) is 0.286. The second-order valence-corrected chi connectivity index (χ2v) is 7.09. The second-order valence-electron chi connectivity index (χ2n) is 5.00. The maximum atomic E-state index is 12.2. The minimum Gasteiger partial charge on any atom is -0.312 e. The lowest BCUT2D eigenvalue weighted by Crippen LogP contribution is -2.28. The van der Waals surface area contributed by atoms with Crippen LogP contribution in [-0.4, -0.2) is 28.6 Å². The highest BCUT2D eigenvalue weighted by Gasteiger charge is 2.35. The van der Waals surface area contributed by atoms with E-state index < -0.39 is 0 Å². The predicted octanol–water partition coefficient (Wildman–Crippen LogP) is 2.60. The number of aromatic nitrogens is 2. The summed E-state index contributed by atoms with van der Waals surface area (Å²) in [5.41, 5.74) is 0.801. The molecule has 114 valence electrons. The number of halogens is 1. The molecule has 8 heteroatoms. The molecule has 6 nitrogen and oxygen atoms in total. The third-order valence-electron chi connectivity index (χ3n) is 3.39. The molecule has 22 heavy (non-hydrogen) atoms. The van der Waals surface area contributed by atoms with Crippen LogP contribution in [0.3, 0.4) is 0 Å². The van der Waals surface area contributed by atoms with Gasteiger partial charge in [-0.3, -0.25) is 9.59 Å². The lowest BCUT2D eigenvalue weighted by molar-refractivity contribution is -0.122. The second kappa shape index (κ2) is 6.13. The lowest BCUT2D eigenvalue weighted by atomic mass is 10.1. The average Bonchev–Trinajstić information content (AvgIpc) is 3.06. The van der Waals surface area contributed by atoms with Crippen LogP contribution in [0.25, 0.3) is 0 Å². The average molecular weight is 381 g/mol. The Morgan fingerprint density at radius 3 is 2.73 bits per heavy atom. The van der Waals surface area contributed by atoms with Gasteiger partial charge in [-0.25, -0.2) is 0 Å². The Hall–Kier alpha value is -1.80. The van der Waals surface area contributed by atoms with Gasteiger partial charge < -0.3 is 10.2 Å². The molecule has 0 bridgehead atoms. The molecule has 2 amide bonds. The number of rotatable bonds is 3. The van der Waals surface area contributed by atoms with Gasteiger partial charge in [0.1, 0.15) is 5.01 Å². The van der Waals surface area contributed by atoms with E-state index in [1.165, 1.54) is 11.3 Å². The van der Waals surface area contributed by atoms with Gasteiger partial charge in [0, 0.05) is 23.1 Å². The van der Waals surface area contributed by atoms with E-state index in [2.05, 4.69) is 31.4 Å². The molecule has 1 aliphatic heterocycles. The first kappa shape index (κ1) is 15.1. The highest BCUT2D eigenvalue weighted by molar-refractivity contribution is 9.10. The van der Waals surface area contributed by atoms with Gasteiger partial charge in [-0.15, -0.1) is 10.2 Å². The van der Waals surface area contributed by atoms with E-state index in [1.807, 2.05) is 31.2 Å². The summed E-state index contributed by atoms with van der Waals surface area (Å²) < 4.78 is 0.948. The summed E-state index contributed by atoms with van der Waals surface area (Å²) in [4.78, 5) is 26.0. The van der Waals surface area contributed by atoms with Crippen LogP contribution < -0.4 is 10.2 Å². The van der Waals surface area contributed by atoms with Gasteiger partial charge in [0.25, 0.3) is 0 Å². The zero-order valence-electron chi connectivity index (χ0n) is 11.7. The van der Waals surface area contributed by atoms with Gasteiger partial charge in [-0.2, -0.15) is 0 Å². The quantitative estimate of drug-likeness (QED) is 0.887. The number of nitrogens with one attached hydrogen (secondary N) is 1. The molecule has 0 spiro atoms. The molecule has 2 aromatic rings. The molecular weight excluding hydrogens is 368 g/mol. The van der Waals surface area contributed by atoms with Gasteiger partial charge >= 0.3 is 0 Å². The van der Waals surface area contributed by atoms with Crippen LogP contribution in [0.1, 0.15) is 11.4 Å². The number of hydrogen-bond donors (Lipinski definition) is 1. The molecule has 1 aromatic carbocycles. The van der Waals surface area contributed by atoms with Crippen molar-refractivity contribution in [3.8, 4) is 0 Å². The summed E-state index contributed by atoms with van der Waals surface area (Å²) in [6.45, 7) is 2.20. The zero-order chi connectivity index (χ0) is 15.7. The molecule has 1 aliphatic rings. The van der Waals surface area contributed by atoms with Crippen molar-refractivity contribution in [3.05, 3.63) is 33.7 Å². The predicted molar refractivity (Wildman–Crippen MR) is 87.9 cm³/mol. The maximum absolute atomic E-state index is 12.2. The summed E-state index contributed by atoms with van der Waals surface area (Å²) >= 11 is 4.68. The highest BCUT2D eigenvalue weighted by Crippen LogP contribution is 2.27. The van der Waals surface area contributed by atoms with Crippen molar-refractivity contribution in [2.45, 2.75) is 13.3 Å². The van der Waals surface area contributed by atoms with Gasteiger partial charge in [0.2, 0.25) is 16.9 Å². The molecular formula is C14H13BrN4O2S. The Bertz CT molecular complexity index is 716. The lowest BCUT2D eigenvalue weighted by Gasteiger charge is -2.16. The fourth-order valence-electron chi connectivity index (χ4n) is 2.31. The Labute approximate surface area is 139 Å². The number of carbonyl (C=O) groups excluding carboxylic acids is 2. The van der Waals surface area contributed by atoms with E-state index in [-0.39, 0.29) is 24.2 Å². The van der Waals surface area contributed by atoms with Crippen molar-refractivity contribution in [2.24, 2.45) is 5.92 Å². The van der Waals surface area contributed by atoms with Crippen molar-refractivity contribution in [3.63, 3.8) is 0 Å². The molecule has 0 unspecified atom stereocenters. The van der Waals surface area contributed by atoms with Gasteiger partial charge in [-0.1, -0.05) is 27.3 Å². The number of benzene rings is 1. The van der Waals surface area contributed by atoms with E-state index in [0.717, 1.165) is 15.2 Å². The number of amides is 2. The first-order valence-corrected chi connectivity index (χ1v) is 8.31. The molecule has 3 rings (SSSR count). The Morgan fingerprint density at radius 2 is 2.09 bits per heavy atom. The van der Waals surface area contributed by atoms with Crippen LogP contribution in [0.5, 0.6) is 0 Å². The number of carbonyl (C=O) groups is 2. The highest BCUT2D eigenvalue weighted by atomic mass is 79.9. The molecule has 1 atom stereocenters. The zero-order valence-corrected chi connectivity index (χ0v) is 14.1. The molecule has 2 heterocycles. The summed E-state index contributed by atoms with van der Waals surface area (Å²) in [6, 6.07) is 7.47. The minimum absolute atomic E-state index is 0.0454. The summed E-state index contributed by atoms with van der Waals surface area (Å²) in [6.07, 6.45) is 0.208. The Kier molecular flexibility index (Phi) is 4.21. The third-order valence-corrected chi connectivity index (χ3v) is 4.67. The van der Waals surface area contributed by atoms with E-state index in [9.17, 15) is 9.59 Å². The number of aryl methyl sites for hydroxylation is 1. The first-order chi connectivity index (χ1) is 10.5. The summed E-state index contributed by atoms with van der Waals surface area (Å²) in [5, 5.41) is 11.7. The largest absolute Gasteiger partial charge is 0.312 e. The normalized spacial score (nSPS) is 17.8. The van der Waals surface area contributed by atoms with Crippen LogP contribution in [0.15, 0.2) is 28.7 Å². The molecule has 1 aromatic heterocycles. The van der Waals surface area contributed by atoms with Gasteiger partial charge in [0.15, 0.2) is 0 Å². The number of anilines is 2. The van der Waals surface area contributed by atoms with E-state index >= 15 is 0 Å². The smallest absolute Gasteiger partial charge is 0.231 e. The summed E-state index contributed by atoms with van der Waals surface area (Å²) in [7, 11) is 0. The van der Waals surface area contributed by atoms with Crippen LogP contribution in [0, 0.1) is 12.8 Å². The summed E-state index contributed by atoms with van der Waals surface area (Å²) in [5.74, 6) is -0.611.